The zero-order valence-electron chi connectivity index (χ0n) is 17.4. The maximum Gasteiger partial charge on any atom is 0.419 e. The summed E-state index contributed by atoms with van der Waals surface area (Å²) in [6, 6.07) is 11.5. The normalized spacial score (nSPS) is 15.6. The molecule has 0 saturated carbocycles. The molecule has 164 valence electrons. The molecule has 3 aromatic rings. The Morgan fingerprint density at radius 1 is 1.19 bits per heavy atom. The first kappa shape index (κ1) is 21.1. The highest BCUT2D eigenvalue weighted by atomic mass is 32.2. The van der Waals surface area contributed by atoms with Gasteiger partial charge in [0.05, 0.1) is 17.0 Å². The third-order valence-electron chi connectivity index (χ3n) is 5.19. The second-order valence-electron chi connectivity index (χ2n) is 7.75. The summed E-state index contributed by atoms with van der Waals surface area (Å²) in [5.74, 6) is -0.702. The Balaban J connectivity index is 1.58. The Morgan fingerprint density at radius 3 is 2.71 bits per heavy atom. The summed E-state index contributed by atoms with van der Waals surface area (Å²) in [4.78, 5) is 26.9. The number of nitrogens with zero attached hydrogens (tertiary/aromatic N) is 3. The molecule has 1 aliphatic heterocycles. The first-order valence-electron chi connectivity index (χ1n) is 9.94. The number of rotatable bonds is 6. The van der Waals surface area contributed by atoms with Crippen molar-refractivity contribution in [2.24, 2.45) is 0 Å². The Morgan fingerprint density at radius 2 is 2.00 bits per heavy atom. The van der Waals surface area contributed by atoms with Crippen LogP contribution < -0.4 is 15.4 Å². The van der Waals surface area contributed by atoms with Gasteiger partial charge in [-0.05, 0) is 56.9 Å². The van der Waals surface area contributed by atoms with Gasteiger partial charge in [-0.25, -0.2) is 13.2 Å². The molecular weight excluding hydrogens is 420 g/mol. The minimum atomic E-state index is -3.32. The highest BCUT2D eigenvalue weighted by Crippen LogP contribution is 2.25. The molecule has 4 rings (SSSR count). The standard InChI is InChI=1S/C21H24N4O5S/c1-23(2)10-11-24-18-14-16(7-8-19(18)30-21(24)27)22-20(26)15-5-3-6-17(13-15)25-9-4-12-31(25,28)29/h3,5-8,13-14H,4,9-12H2,1-2H3,(H,22,26). The number of nitrogens with one attached hydrogen (secondary N) is 1. The van der Waals surface area contributed by atoms with E-state index >= 15 is 0 Å². The summed E-state index contributed by atoms with van der Waals surface area (Å²) >= 11 is 0. The van der Waals surface area contributed by atoms with Crippen LogP contribution in [0.5, 0.6) is 0 Å². The predicted molar refractivity (Wildman–Crippen MR) is 119 cm³/mol. The van der Waals surface area contributed by atoms with E-state index in [0.29, 0.717) is 54.1 Å². The van der Waals surface area contributed by atoms with Crippen LogP contribution in [-0.2, 0) is 16.6 Å². The first-order chi connectivity index (χ1) is 14.7. The number of carbonyl (C=O) groups excluding carboxylic acids is 1. The molecule has 0 radical (unpaired) electrons. The van der Waals surface area contributed by atoms with Crippen molar-refractivity contribution in [3.8, 4) is 0 Å². The van der Waals surface area contributed by atoms with Crippen LogP contribution in [0.4, 0.5) is 11.4 Å². The Hall–Kier alpha value is -3.11. The van der Waals surface area contributed by atoms with Crippen LogP contribution >= 0.6 is 0 Å². The monoisotopic (exact) mass is 444 g/mol. The van der Waals surface area contributed by atoms with E-state index in [1.807, 2.05) is 19.0 Å². The number of aromatic nitrogens is 1. The van der Waals surface area contributed by atoms with E-state index in [1.165, 1.54) is 8.87 Å². The average molecular weight is 445 g/mol. The minimum Gasteiger partial charge on any atom is -0.408 e. The van der Waals surface area contributed by atoms with E-state index in [-0.39, 0.29) is 11.7 Å². The van der Waals surface area contributed by atoms with E-state index in [1.54, 1.807) is 42.5 Å². The van der Waals surface area contributed by atoms with Gasteiger partial charge in [0.2, 0.25) is 10.0 Å². The van der Waals surface area contributed by atoms with Gasteiger partial charge in [0.25, 0.3) is 5.91 Å². The lowest BCUT2D eigenvalue weighted by atomic mass is 10.1. The second-order valence-corrected chi connectivity index (χ2v) is 9.76. The smallest absolute Gasteiger partial charge is 0.408 e. The van der Waals surface area contributed by atoms with E-state index in [4.69, 9.17) is 4.42 Å². The van der Waals surface area contributed by atoms with Crippen molar-refractivity contribution in [1.82, 2.24) is 9.47 Å². The second kappa shape index (κ2) is 8.20. The number of likely N-dealkylation sites (N-methyl/N-ethyl adjacent to an activating group) is 1. The lowest BCUT2D eigenvalue weighted by Gasteiger charge is -2.17. The number of carbonyl (C=O) groups is 1. The fourth-order valence-electron chi connectivity index (χ4n) is 3.59. The van der Waals surface area contributed by atoms with E-state index in [2.05, 4.69) is 5.32 Å². The van der Waals surface area contributed by atoms with Crippen molar-refractivity contribution < 1.29 is 17.6 Å². The van der Waals surface area contributed by atoms with Gasteiger partial charge in [0.1, 0.15) is 0 Å². The van der Waals surface area contributed by atoms with Gasteiger partial charge in [-0.2, -0.15) is 0 Å². The molecule has 1 amide bonds. The zero-order valence-corrected chi connectivity index (χ0v) is 18.2. The number of oxazole rings is 1. The first-order valence-corrected chi connectivity index (χ1v) is 11.6. The number of hydrogen-bond donors (Lipinski definition) is 1. The Bertz CT molecular complexity index is 1290. The molecular formula is C21H24N4O5S. The molecule has 1 aromatic heterocycles. The van der Waals surface area contributed by atoms with E-state index in [9.17, 15) is 18.0 Å². The molecule has 2 heterocycles. The predicted octanol–water partition coefficient (Wildman–Crippen LogP) is 1.95. The molecule has 1 fully saturated rings. The van der Waals surface area contributed by atoms with Crippen molar-refractivity contribution >= 4 is 38.4 Å². The third kappa shape index (κ3) is 4.35. The van der Waals surface area contributed by atoms with Gasteiger partial charge in [-0.15, -0.1) is 0 Å². The summed E-state index contributed by atoms with van der Waals surface area (Å²) in [5.41, 5.74) is 2.38. The van der Waals surface area contributed by atoms with Crippen molar-refractivity contribution in [1.29, 1.82) is 0 Å². The molecule has 1 saturated heterocycles. The molecule has 0 bridgehead atoms. The summed E-state index contributed by atoms with van der Waals surface area (Å²) in [6.07, 6.45) is 0.568. The van der Waals surface area contributed by atoms with Gasteiger partial charge in [-0.1, -0.05) is 6.07 Å². The topological polar surface area (TPSA) is 105 Å². The van der Waals surface area contributed by atoms with Crippen LogP contribution in [0, 0.1) is 0 Å². The molecule has 0 spiro atoms. The molecule has 0 unspecified atom stereocenters. The van der Waals surface area contributed by atoms with Crippen LogP contribution in [0.25, 0.3) is 11.1 Å². The third-order valence-corrected chi connectivity index (χ3v) is 7.06. The molecule has 0 aliphatic carbocycles. The summed E-state index contributed by atoms with van der Waals surface area (Å²) < 4.78 is 32.5. The molecule has 1 N–H and O–H groups in total. The number of amides is 1. The highest BCUT2D eigenvalue weighted by Gasteiger charge is 2.28. The van der Waals surface area contributed by atoms with Gasteiger partial charge in [-0.3, -0.25) is 13.7 Å². The molecule has 10 heteroatoms. The summed E-state index contributed by atoms with van der Waals surface area (Å²) in [6.45, 7) is 1.54. The SMILES string of the molecule is CN(C)CCn1c(=O)oc2ccc(NC(=O)c3cccc(N4CCCS4(=O)=O)c3)cc21. The zero-order chi connectivity index (χ0) is 22.2. The lowest BCUT2D eigenvalue weighted by molar-refractivity contribution is 0.102. The quantitative estimate of drug-likeness (QED) is 0.623. The van der Waals surface area contributed by atoms with Gasteiger partial charge >= 0.3 is 5.76 Å². The van der Waals surface area contributed by atoms with Crippen molar-refractivity contribution in [3.05, 3.63) is 58.6 Å². The van der Waals surface area contributed by atoms with Gasteiger partial charge in [0.15, 0.2) is 5.58 Å². The van der Waals surface area contributed by atoms with E-state index < -0.39 is 15.8 Å². The van der Waals surface area contributed by atoms with Crippen molar-refractivity contribution in [2.45, 2.75) is 13.0 Å². The lowest BCUT2D eigenvalue weighted by Crippen LogP contribution is -2.25. The maximum atomic E-state index is 12.8. The fraction of sp³-hybridized carbons (Fsp3) is 0.333. The Kier molecular flexibility index (Phi) is 5.59. The Labute approximate surface area is 179 Å². The van der Waals surface area contributed by atoms with Crippen LogP contribution in [0.1, 0.15) is 16.8 Å². The number of hydrogen-bond acceptors (Lipinski definition) is 6. The summed E-state index contributed by atoms with van der Waals surface area (Å²) in [5, 5.41) is 2.82. The number of anilines is 2. The van der Waals surface area contributed by atoms with E-state index in [0.717, 1.165) is 0 Å². The van der Waals surface area contributed by atoms with Crippen LogP contribution in [0.15, 0.2) is 51.7 Å². The number of fused-ring (bicyclic) bond motifs is 1. The molecule has 2 aromatic carbocycles. The molecule has 9 nitrogen and oxygen atoms in total. The molecule has 1 aliphatic rings. The largest absolute Gasteiger partial charge is 0.419 e. The van der Waals surface area contributed by atoms with Crippen molar-refractivity contribution in [2.75, 3.05) is 42.6 Å². The van der Waals surface area contributed by atoms with Gasteiger partial charge < -0.3 is 14.6 Å². The highest BCUT2D eigenvalue weighted by molar-refractivity contribution is 7.93. The van der Waals surface area contributed by atoms with Crippen molar-refractivity contribution in [3.63, 3.8) is 0 Å². The van der Waals surface area contributed by atoms with Crippen LogP contribution in [0.3, 0.4) is 0 Å². The fourth-order valence-corrected chi connectivity index (χ4v) is 5.14. The van der Waals surface area contributed by atoms with Gasteiger partial charge in [0, 0.05) is 30.9 Å². The number of benzene rings is 2. The minimum absolute atomic E-state index is 0.115. The average Bonchev–Trinajstić information content (AvgIpc) is 3.23. The summed E-state index contributed by atoms with van der Waals surface area (Å²) in [7, 11) is 0.510. The maximum absolute atomic E-state index is 12.8. The van der Waals surface area contributed by atoms with Crippen LogP contribution in [-0.4, -0.2) is 56.7 Å². The number of sulfonamides is 1. The molecule has 31 heavy (non-hydrogen) atoms. The van der Waals surface area contributed by atoms with Crippen LogP contribution in [0.2, 0.25) is 0 Å². The molecule has 0 atom stereocenters.